The highest BCUT2D eigenvalue weighted by Crippen LogP contribution is 2.26. The van der Waals surface area contributed by atoms with Crippen molar-refractivity contribution in [1.29, 1.82) is 0 Å². The van der Waals surface area contributed by atoms with Crippen LogP contribution in [0.3, 0.4) is 0 Å². The molecule has 0 aliphatic rings. The molecule has 0 fully saturated rings. The first-order chi connectivity index (χ1) is 9.83. The number of halogens is 1. The second kappa shape index (κ2) is 4.09. The fourth-order valence-electron chi connectivity index (χ4n) is 2.31. The molecule has 2 aromatic heterocycles. The van der Waals surface area contributed by atoms with Gasteiger partial charge in [0.15, 0.2) is 5.82 Å². The van der Waals surface area contributed by atoms with E-state index in [0.717, 1.165) is 16.6 Å². The quantitative estimate of drug-likeness (QED) is 0.574. The number of para-hydroxylation sites is 2. The monoisotopic (exact) mass is 264 g/mol. The van der Waals surface area contributed by atoms with E-state index in [1.165, 1.54) is 6.07 Å². The van der Waals surface area contributed by atoms with Gasteiger partial charge in [0, 0.05) is 18.0 Å². The molecule has 20 heavy (non-hydrogen) atoms. The Labute approximate surface area is 113 Å². The predicted molar refractivity (Wildman–Crippen MR) is 74.6 cm³/mol. The van der Waals surface area contributed by atoms with Gasteiger partial charge in [-0.15, -0.1) is 0 Å². The minimum atomic E-state index is -0.337. The van der Waals surface area contributed by atoms with Crippen molar-refractivity contribution in [2.75, 3.05) is 0 Å². The number of nitrogens with zero attached hydrogens (tertiary/aromatic N) is 3. The van der Waals surface area contributed by atoms with Gasteiger partial charge < -0.3 is 4.98 Å². The van der Waals surface area contributed by atoms with Gasteiger partial charge in [0.05, 0.1) is 16.6 Å². The van der Waals surface area contributed by atoms with Crippen LogP contribution in [0.2, 0.25) is 0 Å². The number of aromatic amines is 1. The van der Waals surface area contributed by atoms with Crippen molar-refractivity contribution >= 4 is 22.1 Å². The number of hydrogen-bond acceptors (Lipinski definition) is 3. The zero-order valence-corrected chi connectivity index (χ0v) is 10.3. The molecule has 4 rings (SSSR count). The van der Waals surface area contributed by atoms with Crippen molar-refractivity contribution < 1.29 is 4.39 Å². The first-order valence-corrected chi connectivity index (χ1v) is 6.17. The molecule has 0 spiro atoms. The second-order valence-corrected chi connectivity index (χ2v) is 4.45. The van der Waals surface area contributed by atoms with Crippen LogP contribution in [0.5, 0.6) is 0 Å². The number of imidazole rings is 1. The highest BCUT2D eigenvalue weighted by atomic mass is 19.1. The molecular weight excluding hydrogens is 255 g/mol. The number of nitrogens with one attached hydrogen (secondary N) is 1. The third kappa shape index (κ3) is 1.56. The Balaban J connectivity index is 2.04. The maximum atomic E-state index is 13.7. The summed E-state index contributed by atoms with van der Waals surface area (Å²) in [7, 11) is 0. The van der Waals surface area contributed by atoms with Crippen molar-refractivity contribution in [2.24, 2.45) is 0 Å². The molecule has 4 aromatic rings. The normalized spacial score (nSPS) is 11.2. The lowest BCUT2D eigenvalue weighted by molar-refractivity contribution is 0.637. The molecule has 0 amide bonds. The molecule has 1 N–H and O–H groups in total. The number of hydrogen-bond donors (Lipinski definition) is 1. The summed E-state index contributed by atoms with van der Waals surface area (Å²) in [6, 6.07) is 10.5. The van der Waals surface area contributed by atoms with Crippen LogP contribution in [0.15, 0.2) is 48.8 Å². The van der Waals surface area contributed by atoms with Gasteiger partial charge in [-0.3, -0.25) is 9.97 Å². The van der Waals surface area contributed by atoms with Crippen LogP contribution in [-0.2, 0) is 0 Å². The highest BCUT2D eigenvalue weighted by Gasteiger charge is 2.11. The van der Waals surface area contributed by atoms with Gasteiger partial charge in [0.25, 0.3) is 0 Å². The Morgan fingerprint density at radius 2 is 1.75 bits per heavy atom. The average molecular weight is 264 g/mol. The summed E-state index contributed by atoms with van der Waals surface area (Å²) in [6.07, 6.45) is 3.28. The second-order valence-electron chi connectivity index (χ2n) is 4.45. The van der Waals surface area contributed by atoms with E-state index in [9.17, 15) is 4.39 Å². The third-order valence-corrected chi connectivity index (χ3v) is 3.22. The van der Waals surface area contributed by atoms with E-state index in [0.29, 0.717) is 16.9 Å². The van der Waals surface area contributed by atoms with Gasteiger partial charge in [-0.2, -0.15) is 0 Å². The minimum Gasteiger partial charge on any atom is -0.338 e. The van der Waals surface area contributed by atoms with Gasteiger partial charge >= 0.3 is 0 Å². The fourth-order valence-corrected chi connectivity index (χ4v) is 2.31. The number of aromatic nitrogens is 4. The Bertz CT molecular complexity index is 924. The van der Waals surface area contributed by atoms with Crippen LogP contribution in [0.1, 0.15) is 0 Å². The lowest BCUT2D eigenvalue weighted by Gasteiger charge is -2.01. The van der Waals surface area contributed by atoms with Gasteiger partial charge in [-0.05, 0) is 24.3 Å². The Morgan fingerprint density at radius 1 is 0.900 bits per heavy atom. The minimum absolute atomic E-state index is 0.336. The molecule has 0 radical (unpaired) electrons. The summed E-state index contributed by atoms with van der Waals surface area (Å²) in [5.41, 5.74) is 3.34. The fraction of sp³-hybridized carbons (Fsp3) is 0. The third-order valence-electron chi connectivity index (χ3n) is 3.22. The molecule has 0 saturated carbocycles. The molecule has 4 nitrogen and oxygen atoms in total. The SMILES string of the molecule is Fc1cccc2[nH]c(-c3cccc4nccnc34)nc12. The summed E-state index contributed by atoms with van der Waals surface area (Å²) < 4.78 is 13.7. The Hall–Kier alpha value is -2.82. The van der Waals surface area contributed by atoms with Crippen molar-refractivity contribution in [3.63, 3.8) is 0 Å². The lowest BCUT2D eigenvalue weighted by atomic mass is 10.1. The summed E-state index contributed by atoms with van der Waals surface area (Å²) >= 11 is 0. The maximum absolute atomic E-state index is 13.7. The topological polar surface area (TPSA) is 54.5 Å². The van der Waals surface area contributed by atoms with Crippen LogP contribution in [-0.4, -0.2) is 19.9 Å². The number of benzene rings is 2. The molecule has 0 saturated heterocycles. The molecule has 0 bridgehead atoms. The maximum Gasteiger partial charge on any atom is 0.151 e. The molecule has 2 aromatic carbocycles. The standard InChI is InChI=1S/C15H9FN4/c16-10-4-2-6-12-14(10)20-15(19-12)9-3-1-5-11-13(9)18-8-7-17-11/h1-8H,(H,19,20). The van der Waals surface area contributed by atoms with Crippen LogP contribution in [0.25, 0.3) is 33.5 Å². The number of rotatable bonds is 1. The van der Waals surface area contributed by atoms with E-state index in [-0.39, 0.29) is 5.82 Å². The van der Waals surface area contributed by atoms with Crippen molar-refractivity contribution in [1.82, 2.24) is 19.9 Å². The molecule has 0 aliphatic carbocycles. The molecule has 0 unspecified atom stereocenters. The van der Waals surface area contributed by atoms with Crippen LogP contribution < -0.4 is 0 Å². The van der Waals surface area contributed by atoms with Gasteiger partial charge in [0.1, 0.15) is 11.3 Å². The average Bonchev–Trinajstić information content (AvgIpc) is 2.92. The molecule has 96 valence electrons. The molecule has 0 atom stereocenters. The molecule has 2 heterocycles. The van der Waals surface area contributed by atoms with Gasteiger partial charge in [-0.25, -0.2) is 9.37 Å². The Morgan fingerprint density at radius 3 is 2.65 bits per heavy atom. The van der Waals surface area contributed by atoms with Gasteiger partial charge in [-0.1, -0.05) is 12.1 Å². The van der Waals surface area contributed by atoms with E-state index in [4.69, 9.17) is 0 Å². The van der Waals surface area contributed by atoms with Gasteiger partial charge in [0.2, 0.25) is 0 Å². The molecular formula is C15H9FN4. The summed E-state index contributed by atoms with van der Waals surface area (Å²) in [5, 5.41) is 0. The van der Waals surface area contributed by atoms with Crippen LogP contribution in [0.4, 0.5) is 4.39 Å². The first kappa shape index (κ1) is 11.0. The molecule has 0 aliphatic heterocycles. The zero-order chi connectivity index (χ0) is 13.5. The van der Waals surface area contributed by atoms with E-state index >= 15 is 0 Å². The molecule has 5 heteroatoms. The smallest absolute Gasteiger partial charge is 0.151 e. The summed E-state index contributed by atoms with van der Waals surface area (Å²) in [6.45, 7) is 0. The number of H-pyrrole nitrogens is 1. The van der Waals surface area contributed by atoms with Crippen molar-refractivity contribution in [3.8, 4) is 11.4 Å². The van der Waals surface area contributed by atoms with Crippen molar-refractivity contribution in [2.45, 2.75) is 0 Å². The lowest BCUT2D eigenvalue weighted by Crippen LogP contribution is -1.88. The predicted octanol–water partition coefficient (Wildman–Crippen LogP) is 3.31. The summed E-state index contributed by atoms with van der Waals surface area (Å²) in [4.78, 5) is 16.1. The van der Waals surface area contributed by atoms with E-state index in [1.807, 2.05) is 18.2 Å². The zero-order valence-electron chi connectivity index (χ0n) is 10.3. The number of fused-ring (bicyclic) bond motifs is 2. The van der Waals surface area contributed by atoms with E-state index in [2.05, 4.69) is 19.9 Å². The first-order valence-electron chi connectivity index (χ1n) is 6.17. The Kier molecular flexibility index (Phi) is 2.26. The van der Waals surface area contributed by atoms with E-state index in [1.54, 1.807) is 24.5 Å². The largest absolute Gasteiger partial charge is 0.338 e. The van der Waals surface area contributed by atoms with Crippen LogP contribution >= 0.6 is 0 Å². The highest BCUT2D eigenvalue weighted by molar-refractivity contribution is 5.91. The summed E-state index contributed by atoms with van der Waals surface area (Å²) in [5.74, 6) is 0.257. The van der Waals surface area contributed by atoms with E-state index < -0.39 is 0 Å². The van der Waals surface area contributed by atoms with Crippen molar-refractivity contribution in [3.05, 3.63) is 54.6 Å². The van der Waals surface area contributed by atoms with Crippen LogP contribution in [0, 0.1) is 5.82 Å².